The number of nitrogens with one attached hydrogen (secondary N) is 2. The van der Waals surface area contributed by atoms with Gasteiger partial charge >= 0.3 is 0 Å². The Hall–Kier alpha value is -2.40. The van der Waals surface area contributed by atoms with Crippen LogP contribution < -0.4 is 15.4 Å². The van der Waals surface area contributed by atoms with Gasteiger partial charge in [0.1, 0.15) is 5.75 Å². The number of para-hydroxylation sites is 2. The van der Waals surface area contributed by atoms with Gasteiger partial charge in [-0.05, 0) is 54.7 Å². The van der Waals surface area contributed by atoms with Crippen LogP contribution in [0.25, 0.3) is 0 Å². The lowest BCUT2D eigenvalue weighted by molar-refractivity contribution is -0.121. The maximum absolute atomic E-state index is 12.1. The van der Waals surface area contributed by atoms with E-state index in [-0.39, 0.29) is 17.6 Å². The molecule has 2 rings (SSSR count). The maximum Gasteiger partial charge on any atom is 0.264 e. The van der Waals surface area contributed by atoms with Crippen molar-refractivity contribution in [2.45, 2.75) is 33.6 Å². The van der Waals surface area contributed by atoms with Crippen LogP contribution in [-0.4, -0.2) is 17.6 Å². The Bertz CT molecular complexity index is 752. The molecule has 0 unspecified atom stereocenters. The van der Waals surface area contributed by atoms with Gasteiger partial charge in [0.05, 0.1) is 0 Å². The van der Waals surface area contributed by atoms with Crippen molar-refractivity contribution in [3.8, 4) is 5.75 Å². The standard InChI is InChI=1S/C20H24N2O2S/c1-13(2)16-10-5-6-11-17(16)24-12-18(23)21-20(25)22-19-14(3)8-7-9-15(19)4/h5-11,13H,12H2,1-4H3,(H2,21,22,23,25). The molecule has 4 nitrogen and oxygen atoms in total. The highest BCUT2D eigenvalue weighted by Gasteiger charge is 2.11. The minimum atomic E-state index is -0.290. The Morgan fingerprint density at radius 2 is 1.72 bits per heavy atom. The zero-order chi connectivity index (χ0) is 18.4. The number of thiocarbonyl (C=S) groups is 1. The summed E-state index contributed by atoms with van der Waals surface area (Å²) >= 11 is 5.23. The predicted molar refractivity (Wildman–Crippen MR) is 106 cm³/mol. The minimum absolute atomic E-state index is 0.0850. The summed E-state index contributed by atoms with van der Waals surface area (Å²) in [6, 6.07) is 13.7. The van der Waals surface area contributed by atoms with Gasteiger partial charge in [0.2, 0.25) is 0 Å². The van der Waals surface area contributed by atoms with Gasteiger partial charge in [-0.3, -0.25) is 10.1 Å². The Labute approximate surface area is 154 Å². The fraction of sp³-hybridized carbons (Fsp3) is 0.300. The van der Waals surface area contributed by atoms with Crippen molar-refractivity contribution in [3.05, 3.63) is 59.2 Å². The first kappa shape index (κ1) is 18.9. The topological polar surface area (TPSA) is 50.4 Å². The zero-order valence-electron chi connectivity index (χ0n) is 15.1. The van der Waals surface area contributed by atoms with E-state index in [1.165, 1.54) is 0 Å². The number of benzene rings is 2. The SMILES string of the molecule is Cc1cccc(C)c1NC(=S)NC(=O)COc1ccccc1C(C)C. The van der Waals surface area contributed by atoms with E-state index in [4.69, 9.17) is 17.0 Å². The number of hydrogen-bond acceptors (Lipinski definition) is 3. The number of ether oxygens (including phenoxy) is 1. The Kier molecular flexibility index (Phi) is 6.53. The van der Waals surface area contributed by atoms with Gasteiger partial charge in [0, 0.05) is 5.69 Å². The molecule has 5 heteroatoms. The first-order chi connectivity index (χ1) is 11.9. The third kappa shape index (κ3) is 5.29. The summed E-state index contributed by atoms with van der Waals surface area (Å²) in [5.74, 6) is 0.759. The van der Waals surface area contributed by atoms with E-state index in [1.54, 1.807) is 0 Å². The molecule has 2 N–H and O–H groups in total. The number of anilines is 1. The Balaban J connectivity index is 1.91. The van der Waals surface area contributed by atoms with E-state index in [0.29, 0.717) is 5.92 Å². The van der Waals surface area contributed by atoms with Crippen molar-refractivity contribution in [2.75, 3.05) is 11.9 Å². The summed E-state index contributed by atoms with van der Waals surface area (Å²) in [6.07, 6.45) is 0. The van der Waals surface area contributed by atoms with E-state index in [9.17, 15) is 4.79 Å². The number of aryl methyl sites for hydroxylation is 2. The number of carbonyl (C=O) groups is 1. The van der Waals surface area contributed by atoms with Gasteiger partial charge in [0.15, 0.2) is 11.7 Å². The second-order valence-electron chi connectivity index (χ2n) is 6.25. The van der Waals surface area contributed by atoms with Crippen molar-refractivity contribution in [1.82, 2.24) is 5.32 Å². The van der Waals surface area contributed by atoms with Gasteiger partial charge < -0.3 is 10.1 Å². The number of carbonyl (C=O) groups excluding carboxylic acids is 1. The molecule has 0 fully saturated rings. The molecule has 0 aromatic heterocycles. The quantitative estimate of drug-likeness (QED) is 0.784. The summed E-state index contributed by atoms with van der Waals surface area (Å²) in [6.45, 7) is 8.08. The smallest absolute Gasteiger partial charge is 0.264 e. The average molecular weight is 356 g/mol. The largest absolute Gasteiger partial charge is 0.483 e. The highest BCUT2D eigenvalue weighted by atomic mass is 32.1. The monoisotopic (exact) mass is 356 g/mol. The van der Waals surface area contributed by atoms with E-state index >= 15 is 0 Å². The Morgan fingerprint density at radius 1 is 1.08 bits per heavy atom. The zero-order valence-corrected chi connectivity index (χ0v) is 15.9. The molecule has 2 aromatic rings. The van der Waals surface area contributed by atoms with Crippen LogP contribution in [0.1, 0.15) is 36.5 Å². The highest BCUT2D eigenvalue weighted by Crippen LogP contribution is 2.25. The van der Waals surface area contributed by atoms with Gasteiger partial charge in [0.25, 0.3) is 5.91 Å². The molecule has 0 aliphatic heterocycles. The van der Waals surface area contributed by atoms with Gasteiger partial charge in [-0.1, -0.05) is 50.2 Å². The molecule has 25 heavy (non-hydrogen) atoms. The third-order valence-corrected chi connectivity index (χ3v) is 4.08. The van der Waals surface area contributed by atoms with Gasteiger partial charge in [-0.15, -0.1) is 0 Å². The minimum Gasteiger partial charge on any atom is -0.483 e. The molecule has 0 radical (unpaired) electrons. The van der Waals surface area contributed by atoms with Gasteiger partial charge in [-0.2, -0.15) is 0 Å². The fourth-order valence-electron chi connectivity index (χ4n) is 2.55. The molecule has 0 saturated carbocycles. The molecule has 1 amide bonds. The van der Waals surface area contributed by atoms with Crippen LogP contribution in [0, 0.1) is 13.8 Å². The van der Waals surface area contributed by atoms with E-state index in [0.717, 1.165) is 28.1 Å². The van der Waals surface area contributed by atoms with E-state index < -0.39 is 0 Å². The molecule has 132 valence electrons. The summed E-state index contributed by atoms with van der Waals surface area (Å²) in [4.78, 5) is 12.1. The van der Waals surface area contributed by atoms with Crippen LogP contribution in [0.4, 0.5) is 5.69 Å². The lowest BCUT2D eigenvalue weighted by Gasteiger charge is -2.15. The van der Waals surface area contributed by atoms with Crippen LogP contribution in [-0.2, 0) is 4.79 Å². The Morgan fingerprint density at radius 3 is 2.36 bits per heavy atom. The third-order valence-electron chi connectivity index (χ3n) is 3.87. The molecular formula is C20H24N2O2S. The number of amides is 1. The number of rotatable bonds is 5. The molecule has 0 aliphatic carbocycles. The van der Waals surface area contributed by atoms with Crippen molar-refractivity contribution in [1.29, 1.82) is 0 Å². The van der Waals surface area contributed by atoms with Crippen molar-refractivity contribution in [2.24, 2.45) is 0 Å². The lowest BCUT2D eigenvalue weighted by Crippen LogP contribution is -2.37. The van der Waals surface area contributed by atoms with Crippen LogP contribution >= 0.6 is 12.2 Å². The second kappa shape index (κ2) is 8.62. The summed E-state index contributed by atoms with van der Waals surface area (Å²) in [5.41, 5.74) is 4.13. The van der Waals surface area contributed by atoms with Crippen molar-refractivity contribution in [3.63, 3.8) is 0 Å². The normalized spacial score (nSPS) is 10.4. The summed E-state index contributed by atoms with van der Waals surface area (Å²) in [7, 11) is 0. The molecule has 0 saturated heterocycles. The molecule has 0 heterocycles. The van der Waals surface area contributed by atoms with Gasteiger partial charge in [-0.25, -0.2) is 0 Å². The van der Waals surface area contributed by atoms with E-state index in [2.05, 4.69) is 24.5 Å². The summed E-state index contributed by atoms with van der Waals surface area (Å²) < 4.78 is 5.66. The molecule has 0 aliphatic rings. The average Bonchev–Trinajstić information content (AvgIpc) is 2.56. The molecule has 0 spiro atoms. The number of hydrogen-bond donors (Lipinski definition) is 2. The van der Waals surface area contributed by atoms with Crippen LogP contribution in [0.15, 0.2) is 42.5 Å². The second-order valence-corrected chi connectivity index (χ2v) is 6.66. The first-order valence-corrected chi connectivity index (χ1v) is 8.68. The molecule has 2 aromatic carbocycles. The molecule has 0 bridgehead atoms. The summed E-state index contributed by atoms with van der Waals surface area (Å²) in [5, 5.41) is 6.01. The van der Waals surface area contributed by atoms with Crippen LogP contribution in [0.3, 0.4) is 0 Å². The van der Waals surface area contributed by atoms with E-state index in [1.807, 2.05) is 56.3 Å². The highest BCUT2D eigenvalue weighted by molar-refractivity contribution is 7.80. The first-order valence-electron chi connectivity index (χ1n) is 8.27. The van der Waals surface area contributed by atoms with Crippen molar-refractivity contribution >= 4 is 28.9 Å². The van der Waals surface area contributed by atoms with Crippen LogP contribution in [0.5, 0.6) is 5.75 Å². The lowest BCUT2D eigenvalue weighted by atomic mass is 10.0. The van der Waals surface area contributed by atoms with Crippen molar-refractivity contribution < 1.29 is 9.53 Å². The van der Waals surface area contributed by atoms with Crippen LogP contribution in [0.2, 0.25) is 0 Å². The fourth-order valence-corrected chi connectivity index (χ4v) is 2.77. The maximum atomic E-state index is 12.1. The molecular weight excluding hydrogens is 332 g/mol. The molecule has 0 atom stereocenters. The predicted octanol–water partition coefficient (Wildman–Crippen LogP) is 4.32.